The molecule has 1 aliphatic rings. The Labute approximate surface area is 108 Å². The second-order valence-corrected chi connectivity index (χ2v) is 5.15. The second kappa shape index (κ2) is 7.36. The molecule has 1 aliphatic carbocycles. The summed E-state index contributed by atoms with van der Waals surface area (Å²) in [6.45, 7) is 2.09. The first kappa shape index (κ1) is 15.0. The Hall–Kier alpha value is -1.10. The number of amides is 2. The Morgan fingerprint density at radius 1 is 1.11 bits per heavy atom. The minimum absolute atomic E-state index is 0.124. The van der Waals surface area contributed by atoms with E-state index >= 15 is 0 Å². The summed E-state index contributed by atoms with van der Waals surface area (Å²) in [5, 5.41) is 15.7. The van der Waals surface area contributed by atoms with E-state index in [0.717, 1.165) is 25.7 Å². The molecule has 1 saturated carbocycles. The maximum atomic E-state index is 11.5. The molecule has 0 atom stereocenters. The van der Waals surface area contributed by atoms with Crippen molar-refractivity contribution in [1.29, 1.82) is 0 Å². The van der Waals surface area contributed by atoms with Gasteiger partial charge in [-0.25, -0.2) is 0 Å². The molecule has 104 valence electrons. The second-order valence-electron chi connectivity index (χ2n) is 5.15. The highest BCUT2D eigenvalue weighted by Gasteiger charge is 2.28. The van der Waals surface area contributed by atoms with Gasteiger partial charge in [-0.2, -0.15) is 0 Å². The van der Waals surface area contributed by atoms with Crippen LogP contribution in [0.2, 0.25) is 0 Å². The maximum absolute atomic E-state index is 11.5. The Balaban J connectivity index is 2.21. The standard InChI is InChI=1S/C13H24N2O3/c1-11(16)14-9-6-12(17)15-10-13(18)7-4-2-3-5-8-13/h18H,2-10H2,1H3,(H,14,16)(H,15,17). The summed E-state index contributed by atoms with van der Waals surface area (Å²) < 4.78 is 0. The van der Waals surface area contributed by atoms with Crippen LogP contribution in [0.25, 0.3) is 0 Å². The van der Waals surface area contributed by atoms with Crippen LogP contribution in [0.15, 0.2) is 0 Å². The molecular weight excluding hydrogens is 232 g/mol. The lowest BCUT2D eigenvalue weighted by Crippen LogP contribution is -2.43. The van der Waals surface area contributed by atoms with Crippen LogP contribution in [-0.4, -0.2) is 35.6 Å². The Bertz CT molecular complexity index is 284. The smallest absolute Gasteiger partial charge is 0.221 e. The first-order valence-electron chi connectivity index (χ1n) is 6.75. The van der Waals surface area contributed by atoms with Gasteiger partial charge in [0.1, 0.15) is 0 Å². The number of hydrogen-bond acceptors (Lipinski definition) is 3. The van der Waals surface area contributed by atoms with Crippen molar-refractivity contribution in [2.75, 3.05) is 13.1 Å². The zero-order valence-electron chi connectivity index (χ0n) is 11.1. The molecule has 0 aromatic rings. The lowest BCUT2D eigenvalue weighted by molar-refractivity contribution is -0.122. The van der Waals surface area contributed by atoms with Gasteiger partial charge in [-0.1, -0.05) is 25.7 Å². The SMILES string of the molecule is CC(=O)NCCC(=O)NCC1(O)CCCCCC1. The molecule has 1 fully saturated rings. The Morgan fingerprint density at radius 3 is 2.28 bits per heavy atom. The molecule has 0 unspecified atom stereocenters. The molecule has 5 heteroatoms. The zero-order chi connectivity index (χ0) is 13.4. The van der Waals surface area contributed by atoms with E-state index in [1.54, 1.807) is 0 Å². The van der Waals surface area contributed by atoms with Crippen molar-refractivity contribution in [2.24, 2.45) is 0 Å². The number of nitrogens with one attached hydrogen (secondary N) is 2. The van der Waals surface area contributed by atoms with Gasteiger partial charge in [0.15, 0.2) is 0 Å². The fourth-order valence-electron chi connectivity index (χ4n) is 2.27. The fraction of sp³-hybridized carbons (Fsp3) is 0.846. The highest BCUT2D eigenvalue weighted by molar-refractivity contribution is 5.77. The lowest BCUT2D eigenvalue weighted by Gasteiger charge is -2.26. The molecule has 18 heavy (non-hydrogen) atoms. The number of rotatable bonds is 5. The van der Waals surface area contributed by atoms with Gasteiger partial charge < -0.3 is 15.7 Å². The van der Waals surface area contributed by atoms with Crippen molar-refractivity contribution in [2.45, 2.75) is 57.5 Å². The third kappa shape index (κ3) is 6.00. The molecule has 0 aromatic carbocycles. The molecule has 2 amide bonds. The van der Waals surface area contributed by atoms with E-state index in [-0.39, 0.29) is 18.2 Å². The van der Waals surface area contributed by atoms with Gasteiger partial charge in [0.05, 0.1) is 5.60 Å². The first-order valence-corrected chi connectivity index (χ1v) is 6.75. The molecule has 0 aliphatic heterocycles. The summed E-state index contributed by atoms with van der Waals surface area (Å²) in [5.41, 5.74) is -0.736. The normalized spacial score (nSPS) is 18.8. The van der Waals surface area contributed by atoms with Gasteiger partial charge in [0.2, 0.25) is 11.8 Å². The van der Waals surface area contributed by atoms with Crippen LogP contribution < -0.4 is 10.6 Å². The van der Waals surface area contributed by atoms with Crippen molar-refractivity contribution in [1.82, 2.24) is 10.6 Å². The van der Waals surface area contributed by atoms with E-state index in [9.17, 15) is 14.7 Å². The van der Waals surface area contributed by atoms with Crippen LogP contribution >= 0.6 is 0 Å². The zero-order valence-corrected chi connectivity index (χ0v) is 11.1. The van der Waals surface area contributed by atoms with Crippen molar-refractivity contribution in [3.8, 4) is 0 Å². The molecule has 5 nitrogen and oxygen atoms in total. The maximum Gasteiger partial charge on any atom is 0.221 e. The summed E-state index contributed by atoms with van der Waals surface area (Å²) in [4.78, 5) is 22.2. The van der Waals surface area contributed by atoms with Crippen molar-refractivity contribution >= 4 is 11.8 Å². The molecule has 1 rings (SSSR count). The van der Waals surface area contributed by atoms with Crippen LogP contribution in [0, 0.1) is 0 Å². The molecule has 0 spiro atoms. The summed E-state index contributed by atoms with van der Waals surface area (Å²) in [6, 6.07) is 0. The lowest BCUT2D eigenvalue weighted by atomic mass is 9.94. The number of carbonyl (C=O) groups is 2. The van der Waals surface area contributed by atoms with Gasteiger partial charge >= 0.3 is 0 Å². The average molecular weight is 256 g/mol. The minimum atomic E-state index is -0.736. The number of hydrogen-bond donors (Lipinski definition) is 3. The summed E-state index contributed by atoms with van der Waals surface area (Å²) >= 11 is 0. The Kier molecular flexibility index (Phi) is 6.12. The number of carbonyl (C=O) groups excluding carboxylic acids is 2. The van der Waals surface area contributed by atoms with E-state index < -0.39 is 5.60 Å². The predicted molar refractivity (Wildman–Crippen MR) is 69.0 cm³/mol. The van der Waals surface area contributed by atoms with E-state index in [2.05, 4.69) is 10.6 Å². The monoisotopic (exact) mass is 256 g/mol. The highest BCUT2D eigenvalue weighted by Crippen LogP contribution is 2.26. The van der Waals surface area contributed by atoms with Gasteiger partial charge in [0, 0.05) is 26.4 Å². The summed E-state index contributed by atoms with van der Waals surface area (Å²) in [6.07, 6.45) is 6.17. The third-order valence-electron chi connectivity index (χ3n) is 3.37. The van der Waals surface area contributed by atoms with Crippen LogP contribution in [-0.2, 0) is 9.59 Å². The van der Waals surface area contributed by atoms with Crippen molar-refractivity contribution < 1.29 is 14.7 Å². The highest BCUT2D eigenvalue weighted by atomic mass is 16.3. The van der Waals surface area contributed by atoms with Crippen LogP contribution in [0.5, 0.6) is 0 Å². The van der Waals surface area contributed by atoms with Crippen LogP contribution in [0.1, 0.15) is 51.9 Å². The third-order valence-corrected chi connectivity index (χ3v) is 3.37. The van der Waals surface area contributed by atoms with E-state index in [1.165, 1.54) is 19.8 Å². The molecule has 0 bridgehead atoms. The largest absolute Gasteiger partial charge is 0.388 e. The average Bonchev–Trinajstić information content (AvgIpc) is 2.52. The Morgan fingerprint density at radius 2 is 1.72 bits per heavy atom. The molecule has 0 saturated heterocycles. The molecule has 3 N–H and O–H groups in total. The summed E-state index contributed by atoms with van der Waals surface area (Å²) in [5.74, 6) is -0.258. The molecule has 0 heterocycles. The van der Waals surface area contributed by atoms with Crippen molar-refractivity contribution in [3.63, 3.8) is 0 Å². The topological polar surface area (TPSA) is 78.4 Å². The van der Waals surface area contributed by atoms with Gasteiger partial charge in [0.25, 0.3) is 0 Å². The van der Waals surface area contributed by atoms with E-state index in [4.69, 9.17) is 0 Å². The number of aliphatic hydroxyl groups is 1. The molecule has 0 aromatic heterocycles. The quantitative estimate of drug-likeness (QED) is 0.634. The minimum Gasteiger partial charge on any atom is -0.388 e. The van der Waals surface area contributed by atoms with E-state index in [1.807, 2.05) is 0 Å². The van der Waals surface area contributed by atoms with Gasteiger partial charge in [-0.3, -0.25) is 9.59 Å². The van der Waals surface area contributed by atoms with Gasteiger partial charge in [-0.05, 0) is 12.8 Å². The van der Waals surface area contributed by atoms with Crippen molar-refractivity contribution in [3.05, 3.63) is 0 Å². The predicted octanol–water partition coefficient (Wildman–Crippen LogP) is 0.714. The molecule has 0 radical (unpaired) electrons. The summed E-state index contributed by atoms with van der Waals surface area (Å²) in [7, 11) is 0. The van der Waals surface area contributed by atoms with E-state index in [0.29, 0.717) is 13.1 Å². The first-order chi connectivity index (χ1) is 8.52. The molecular formula is C13H24N2O3. The van der Waals surface area contributed by atoms with Crippen LogP contribution in [0.3, 0.4) is 0 Å². The van der Waals surface area contributed by atoms with Crippen LogP contribution in [0.4, 0.5) is 0 Å². The fourth-order valence-corrected chi connectivity index (χ4v) is 2.27. The van der Waals surface area contributed by atoms with Gasteiger partial charge in [-0.15, -0.1) is 0 Å².